The molecule has 0 amide bonds. The number of hydrogen-bond donors (Lipinski definition) is 0. The van der Waals surface area contributed by atoms with Gasteiger partial charge in [0.1, 0.15) is 0 Å². The fourth-order valence-electron chi connectivity index (χ4n) is 0. The zero-order chi connectivity index (χ0) is 13.5. The van der Waals surface area contributed by atoms with Crippen LogP contribution in [-0.4, -0.2) is 17.4 Å². The third-order valence-electron chi connectivity index (χ3n) is 0. The molecule has 0 bridgehead atoms. The van der Waals surface area contributed by atoms with Gasteiger partial charge in [-0.3, -0.25) is 0 Å². The Kier molecular flexibility index (Phi) is 693. The average Bonchev–Trinajstić information content (AvgIpc) is 2.09. The second-order valence-corrected chi connectivity index (χ2v) is 0.373. The Labute approximate surface area is 112 Å². The molecule has 0 fully saturated rings. The molecule has 0 aliphatic rings. The standard InChI is InChI=1S/Al.Fe.5HNO2/c;;5*2-1-3/h;;5*(H,2,3)/q+3;+2;;;;;/p-5. The molecule has 17 heteroatoms. The van der Waals surface area contributed by atoms with Crippen molar-refractivity contribution in [2.75, 3.05) is 0 Å². The fourth-order valence-corrected chi connectivity index (χ4v) is 0. The Bertz CT molecular complexity index is 97.0. The first-order chi connectivity index (χ1) is 7.07. The number of nitrogens with zero attached hydrogens (tertiary/aromatic N) is 5. The minimum atomic E-state index is 0. The molecule has 0 rings (SSSR count). The summed E-state index contributed by atoms with van der Waals surface area (Å²) in [4.78, 5) is 40.0. The fraction of sp³-hybridized carbons (Fsp3) is 0. The van der Waals surface area contributed by atoms with E-state index in [0.717, 1.165) is 26.7 Å². The summed E-state index contributed by atoms with van der Waals surface area (Å²) in [5, 5.41) is 45.0. The number of rotatable bonds is 0. The van der Waals surface area contributed by atoms with Gasteiger partial charge in [0.05, 0.1) is 0 Å². The first-order valence-electron chi connectivity index (χ1n) is 1.83. The minimum Gasteiger partial charge on any atom is -0.444 e. The van der Waals surface area contributed by atoms with Gasteiger partial charge in [0.25, 0.3) is 0 Å². The molecule has 0 atom stereocenters. The molecule has 17 heavy (non-hydrogen) atoms. The van der Waals surface area contributed by atoms with Gasteiger partial charge in [-0.2, -0.15) is 0 Å². The minimum absolute atomic E-state index is 0. The van der Waals surface area contributed by atoms with E-state index in [1.807, 2.05) is 0 Å². The van der Waals surface area contributed by atoms with E-state index in [0.29, 0.717) is 0 Å². The molecule has 0 saturated carbocycles. The van der Waals surface area contributed by atoms with Crippen LogP contribution in [0.5, 0.6) is 0 Å². The second kappa shape index (κ2) is 257. The molecular formula is AlFeN5O10. The van der Waals surface area contributed by atoms with Gasteiger partial charge < -0.3 is 50.6 Å². The van der Waals surface area contributed by atoms with Crippen LogP contribution in [-0.2, 0) is 17.1 Å². The summed E-state index contributed by atoms with van der Waals surface area (Å²) in [6.45, 7) is 0. The first-order valence-corrected chi connectivity index (χ1v) is 1.83. The summed E-state index contributed by atoms with van der Waals surface area (Å²) in [5.41, 5.74) is 0. The SMILES string of the molecule is O=N[O-].O=N[O-].O=N[O-].O=N[O-].O=N[O-].[Al+3].[Fe+2]. The van der Waals surface area contributed by atoms with Crippen LogP contribution < -0.4 is 0 Å². The van der Waals surface area contributed by atoms with E-state index in [1.165, 1.54) is 0 Å². The van der Waals surface area contributed by atoms with Gasteiger partial charge in [-0.05, 0) is 0 Å². The zero-order valence-corrected chi connectivity index (χ0v) is 9.51. The second-order valence-electron chi connectivity index (χ2n) is 0.373. The molecule has 0 N–H and O–H groups in total. The summed E-state index contributed by atoms with van der Waals surface area (Å²) >= 11 is 0. The van der Waals surface area contributed by atoms with Crippen LogP contribution in [0.15, 0.2) is 26.7 Å². The van der Waals surface area contributed by atoms with E-state index < -0.39 is 0 Å². The van der Waals surface area contributed by atoms with Gasteiger partial charge in [0.2, 0.25) is 0 Å². The van der Waals surface area contributed by atoms with Gasteiger partial charge >= 0.3 is 34.4 Å². The third kappa shape index (κ3) is 538. The van der Waals surface area contributed by atoms with Crippen molar-refractivity contribution in [2.45, 2.75) is 0 Å². The normalized spacial score (nSPS) is 3.53. The van der Waals surface area contributed by atoms with Crippen LogP contribution in [0.25, 0.3) is 0 Å². The molecule has 0 aromatic carbocycles. The maximum Gasteiger partial charge on any atom is 3.00 e. The summed E-state index contributed by atoms with van der Waals surface area (Å²) < 4.78 is 0. The quantitative estimate of drug-likeness (QED) is 0.345. The van der Waals surface area contributed by atoms with Crippen molar-refractivity contribution >= 4 is 17.4 Å². The molecule has 15 nitrogen and oxygen atoms in total. The summed E-state index contributed by atoms with van der Waals surface area (Å²) in [7, 11) is 0. The van der Waals surface area contributed by atoms with Gasteiger partial charge in [-0.1, -0.05) is 0 Å². The third-order valence-corrected chi connectivity index (χ3v) is 0. The van der Waals surface area contributed by atoms with Crippen molar-refractivity contribution in [3.8, 4) is 0 Å². The van der Waals surface area contributed by atoms with Crippen LogP contribution in [0.3, 0.4) is 0 Å². The summed E-state index contributed by atoms with van der Waals surface area (Å²) in [5.74, 6) is 0. The summed E-state index contributed by atoms with van der Waals surface area (Å²) in [6, 6.07) is 0. The molecule has 0 aromatic rings. The molecule has 0 unspecified atom stereocenters. The Balaban J connectivity index is -0.0000000143. The molecule has 0 heterocycles. The van der Waals surface area contributed by atoms with E-state index in [-0.39, 0.29) is 34.4 Å². The molecule has 0 aliphatic carbocycles. The molecule has 0 aliphatic heterocycles. The van der Waals surface area contributed by atoms with Crippen molar-refractivity contribution in [3.63, 3.8) is 0 Å². The smallest absolute Gasteiger partial charge is 0.444 e. The topological polar surface area (TPSA) is 262 Å². The predicted octanol–water partition coefficient (Wildman–Crippen LogP) is 0.870. The molecule has 96 valence electrons. The van der Waals surface area contributed by atoms with Crippen LogP contribution in [0.2, 0.25) is 0 Å². The predicted molar refractivity (Wildman–Crippen MR) is 51.6 cm³/mol. The van der Waals surface area contributed by atoms with E-state index in [4.69, 9.17) is 50.6 Å². The summed E-state index contributed by atoms with van der Waals surface area (Å²) in [6.07, 6.45) is 0. The largest absolute Gasteiger partial charge is 3.00 e. The molecule has 0 radical (unpaired) electrons. The van der Waals surface area contributed by atoms with E-state index in [2.05, 4.69) is 0 Å². The Morgan fingerprint density at radius 2 is 0.471 bits per heavy atom. The maximum atomic E-state index is 8.00. The van der Waals surface area contributed by atoms with Gasteiger partial charge in [-0.15, -0.1) is 26.7 Å². The van der Waals surface area contributed by atoms with Crippen LogP contribution in [0.1, 0.15) is 0 Å². The Morgan fingerprint density at radius 3 is 0.471 bits per heavy atom. The Morgan fingerprint density at radius 1 is 0.471 bits per heavy atom. The van der Waals surface area contributed by atoms with E-state index in [1.54, 1.807) is 0 Å². The first kappa shape index (κ1) is 45.8. The molecular weight excluding hydrogens is 313 g/mol. The van der Waals surface area contributed by atoms with Gasteiger partial charge in [0, 0.05) is 0 Å². The monoisotopic (exact) mass is 313 g/mol. The van der Waals surface area contributed by atoms with Crippen molar-refractivity contribution in [1.29, 1.82) is 0 Å². The maximum absolute atomic E-state index is 8.00. The number of hydrogen-bond acceptors (Lipinski definition) is 15. The molecule has 0 saturated heterocycles. The van der Waals surface area contributed by atoms with E-state index >= 15 is 0 Å². The van der Waals surface area contributed by atoms with E-state index in [9.17, 15) is 0 Å². The van der Waals surface area contributed by atoms with Crippen molar-refractivity contribution in [3.05, 3.63) is 50.6 Å². The van der Waals surface area contributed by atoms with Crippen LogP contribution in [0.4, 0.5) is 0 Å². The average molecular weight is 313 g/mol. The van der Waals surface area contributed by atoms with Crippen molar-refractivity contribution < 1.29 is 17.1 Å². The van der Waals surface area contributed by atoms with Gasteiger partial charge in [-0.25, -0.2) is 0 Å². The molecule has 0 spiro atoms. The zero-order valence-electron chi connectivity index (χ0n) is 7.25. The molecule has 0 aromatic heterocycles. The van der Waals surface area contributed by atoms with Crippen LogP contribution in [0, 0.1) is 50.6 Å². The van der Waals surface area contributed by atoms with Crippen molar-refractivity contribution in [2.24, 2.45) is 26.7 Å². The van der Waals surface area contributed by atoms with Crippen molar-refractivity contribution in [1.82, 2.24) is 0 Å². The van der Waals surface area contributed by atoms with Crippen LogP contribution >= 0.6 is 0 Å². The Hall–Kier alpha value is -1.95. The van der Waals surface area contributed by atoms with Gasteiger partial charge in [0.15, 0.2) is 0 Å².